The first-order chi connectivity index (χ1) is 13.1. The van der Waals surface area contributed by atoms with Gasteiger partial charge in [0.1, 0.15) is 5.82 Å². The zero-order valence-electron chi connectivity index (χ0n) is 16.8. The molecule has 1 aromatic heterocycles. The summed E-state index contributed by atoms with van der Waals surface area (Å²) in [5.74, 6) is 1.41. The maximum Gasteiger partial charge on any atom is 0.178 e. The minimum Gasteiger partial charge on any atom is -0.393 e. The Labute approximate surface area is 166 Å². The second-order valence-corrected chi connectivity index (χ2v) is 11.1. The molecule has 4 rings (SSSR count). The average Bonchev–Trinajstić information content (AvgIpc) is 3.20. The summed E-state index contributed by atoms with van der Waals surface area (Å²) in [4.78, 5) is 0.467. The summed E-state index contributed by atoms with van der Waals surface area (Å²) in [5, 5.41) is 18.2. The largest absolute Gasteiger partial charge is 0.393 e. The molecule has 0 unspecified atom stereocenters. The van der Waals surface area contributed by atoms with E-state index in [1.165, 1.54) is 0 Å². The highest BCUT2D eigenvalue weighted by molar-refractivity contribution is 7.91. The van der Waals surface area contributed by atoms with E-state index >= 15 is 0 Å². The molecule has 0 radical (unpaired) electrons. The van der Waals surface area contributed by atoms with E-state index in [-0.39, 0.29) is 23.3 Å². The molecule has 1 aliphatic carbocycles. The fourth-order valence-corrected chi connectivity index (χ4v) is 5.87. The van der Waals surface area contributed by atoms with Gasteiger partial charge in [-0.3, -0.25) is 0 Å². The van der Waals surface area contributed by atoms with E-state index in [1.54, 1.807) is 6.07 Å². The van der Waals surface area contributed by atoms with E-state index in [4.69, 9.17) is 5.10 Å². The molecule has 7 heteroatoms. The summed E-state index contributed by atoms with van der Waals surface area (Å²) >= 11 is 0. The van der Waals surface area contributed by atoms with Gasteiger partial charge in [0.05, 0.1) is 28.0 Å². The molecule has 152 valence electrons. The highest BCUT2D eigenvalue weighted by Gasteiger charge is 2.29. The topological polar surface area (TPSA) is 84.2 Å². The highest BCUT2D eigenvalue weighted by atomic mass is 32.2. The van der Waals surface area contributed by atoms with Crippen LogP contribution in [-0.2, 0) is 21.8 Å². The van der Waals surface area contributed by atoms with E-state index in [0.717, 1.165) is 48.4 Å². The van der Waals surface area contributed by atoms with Crippen molar-refractivity contribution in [3.8, 4) is 0 Å². The van der Waals surface area contributed by atoms with Gasteiger partial charge in [-0.1, -0.05) is 0 Å². The number of aryl methyl sites for hydroxylation is 1. The van der Waals surface area contributed by atoms with Crippen molar-refractivity contribution < 1.29 is 13.5 Å². The number of rotatable bonds is 3. The molecule has 2 aromatic rings. The van der Waals surface area contributed by atoms with Crippen LogP contribution in [0.2, 0.25) is 0 Å². The first kappa shape index (κ1) is 19.5. The molecule has 0 spiro atoms. The van der Waals surface area contributed by atoms with Crippen LogP contribution in [0.15, 0.2) is 29.2 Å². The highest BCUT2D eigenvalue weighted by Crippen LogP contribution is 2.37. The number of hydrogen-bond acceptors (Lipinski definition) is 5. The van der Waals surface area contributed by atoms with E-state index < -0.39 is 9.84 Å². The molecule has 0 amide bonds. The van der Waals surface area contributed by atoms with Gasteiger partial charge in [-0.15, -0.1) is 0 Å². The summed E-state index contributed by atoms with van der Waals surface area (Å²) in [6.07, 6.45) is 3.77. The maximum absolute atomic E-state index is 12.3. The smallest absolute Gasteiger partial charge is 0.178 e. The van der Waals surface area contributed by atoms with Crippen molar-refractivity contribution in [2.45, 2.75) is 75.3 Å². The molecular formula is C21H29N3O3S. The number of aromatic nitrogens is 2. The van der Waals surface area contributed by atoms with Gasteiger partial charge in [0.2, 0.25) is 0 Å². The number of nitrogens with zero attached hydrogens (tertiary/aromatic N) is 2. The molecule has 2 heterocycles. The van der Waals surface area contributed by atoms with Crippen LogP contribution >= 0.6 is 0 Å². The Bertz CT molecular complexity index is 989. The Morgan fingerprint density at radius 1 is 1.21 bits per heavy atom. The van der Waals surface area contributed by atoms with Crippen LogP contribution < -0.4 is 5.32 Å². The van der Waals surface area contributed by atoms with Crippen molar-refractivity contribution in [1.29, 1.82) is 0 Å². The minimum absolute atomic E-state index is 0.199. The summed E-state index contributed by atoms with van der Waals surface area (Å²) < 4.78 is 26.5. The Morgan fingerprint density at radius 2 is 2.00 bits per heavy atom. The quantitative estimate of drug-likeness (QED) is 0.816. The monoisotopic (exact) mass is 403 g/mol. The lowest BCUT2D eigenvalue weighted by molar-refractivity contribution is 0.181. The molecule has 1 aromatic carbocycles. The van der Waals surface area contributed by atoms with Gasteiger partial charge in [0.15, 0.2) is 9.84 Å². The Kier molecular flexibility index (Phi) is 4.78. The van der Waals surface area contributed by atoms with Crippen LogP contribution in [-0.4, -0.2) is 35.2 Å². The number of fused-ring (bicyclic) bond motifs is 1. The molecule has 2 aliphatic rings. The van der Waals surface area contributed by atoms with Crippen molar-refractivity contribution in [3.05, 3.63) is 35.5 Å². The minimum atomic E-state index is -3.14. The second kappa shape index (κ2) is 6.88. The van der Waals surface area contributed by atoms with Crippen molar-refractivity contribution in [3.63, 3.8) is 0 Å². The van der Waals surface area contributed by atoms with Crippen LogP contribution in [0.1, 0.15) is 63.6 Å². The Balaban J connectivity index is 1.67. The van der Waals surface area contributed by atoms with Gasteiger partial charge in [0.25, 0.3) is 0 Å². The number of benzene rings is 1. The molecule has 6 nitrogen and oxygen atoms in total. The molecule has 28 heavy (non-hydrogen) atoms. The average molecular weight is 404 g/mol. The van der Waals surface area contributed by atoms with Crippen molar-refractivity contribution in [2.75, 3.05) is 11.1 Å². The van der Waals surface area contributed by atoms with Gasteiger partial charge < -0.3 is 10.4 Å². The summed E-state index contributed by atoms with van der Waals surface area (Å²) in [7, 11) is -3.14. The fraction of sp³-hybridized carbons (Fsp3) is 0.571. The molecule has 0 saturated heterocycles. The Hall–Kier alpha value is -1.86. The number of hydrogen-bond donors (Lipinski definition) is 2. The zero-order valence-corrected chi connectivity index (χ0v) is 17.6. The third-order valence-corrected chi connectivity index (χ3v) is 7.61. The lowest BCUT2D eigenvalue weighted by atomic mass is 10.0. The molecular weight excluding hydrogens is 374 g/mol. The number of nitrogens with one attached hydrogen (secondary N) is 1. The maximum atomic E-state index is 12.3. The van der Waals surface area contributed by atoms with Crippen molar-refractivity contribution >= 4 is 21.3 Å². The van der Waals surface area contributed by atoms with Crippen LogP contribution in [0, 0.1) is 0 Å². The molecule has 1 aliphatic heterocycles. The number of sulfone groups is 1. The predicted octanol–water partition coefficient (Wildman–Crippen LogP) is 3.73. The van der Waals surface area contributed by atoms with Crippen molar-refractivity contribution in [1.82, 2.24) is 9.78 Å². The van der Waals surface area contributed by atoms with Crippen molar-refractivity contribution in [2.24, 2.45) is 0 Å². The van der Waals surface area contributed by atoms with E-state index in [0.29, 0.717) is 11.3 Å². The van der Waals surface area contributed by atoms with Gasteiger partial charge >= 0.3 is 0 Å². The summed E-state index contributed by atoms with van der Waals surface area (Å²) in [6.45, 7) is 6.33. The van der Waals surface area contributed by atoms with Crippen LogP contribution in [0.3, 0.4) is 0 Å². The van der Waals surface area contributed by atoms with Crippen LogP contribution in [0.25, 0.3) is 0 Å². The third kappa shape index (κ3) is 3.70. The van der Waals surface area contributed by atoms with Gasteiger partial charge in [-0.25, -0.2) is 13.1 Å². The fourth-order valence-electron chi connectivity index (χ4n) is 4.29. The number of aliphatic hydroxyl groups is 1. The molecule has 2 atom stereocenters. The summed E-state index contributed by atoms with van der Waals surface area (Å²) in [5.41, 5.74) is 2.57. The van der Waals surface area contributed by atoms with E-state index in [1.807, 2.05) is 16.8 Å². The molecule has 0 bridgehead atoms. The predicted molar refractivity (Wildman–Crippen MR) is 110 cm³/mol. The van der Waals surface area contributed by atoms with Gasteiger partial charge in [0, 0.05) is 17.7 Å². The van der Waals surface area contributed by atoms with E-state index in [9.17, 15) is 13.5 Å². The molecule has 1 saturated carbocycles. The van der Waals surface area contributed by atoms with E-state index in [2.05, 4.69) is 32.2 Å². The lowest BCUT2D eigenvalue weighted by Gasteiger charge is -2.23. The zero-order chi connectivity index (χ0) is 20.1. The van der Waals surface area contributed by atoms with Crippen LogP contribution in [0.4, 0.5) is 11.5 Å². The SMILES string of the molecule is CC(C)(C)n1nc([C@H]2CC[C@@H](O)C2)cc1Nc1ccc2c(c1)CCCS2(=O)=O. The first-order valence-electron chi connectivity index (χ1n) is 10.0. The number of aliphatic hydroxyl groups excluding tert-OH is 1. The number of anilines is 2. The first-order valence-corrected chi connectivity index (χ1v) is 11.7. The third-order valence-electron chi connectivity index (χ3n) is 5.71. The standard InChI is InChI=1S/C21H29N3O3S/c1-21(2,3)24-20(13-18(23-24)14-6-8-17(25)12-14)22-16-7-9-19-15(11-16)5-4-10-28(19,26)27/h7,9,11,13-14,17,22,25H,4-6,8,10,12H2,1-3H3/t14-,17+/m0/s1. The molecule has 2 N–H and O–H groups in total. The van der Waals surface area contributed by atoms with Gasteiger partial charge in [-0.05, 0) is 76.6 Å². The van der Waals surface area contributed by atoms with Gasteiger partial charge in [-0.2, -0.15) is 5.10 Å². The second-order valence-electron chi connectivity index (χ2n) is 9.07. The van der Waals surface area contributed by atoms with Crippen LogP contribution in [0.5, 0.6) is 0 Å². The summed E-state index contributed by atoms with van der Waals surface area (Å²) in [6, 6.07) is 7.58. The Morgan fingerprint density at radius 3 is 2.68 bits per heavy atom. The lowest BCUT2D eigenvalue weighted by Crippen LogP contribution is -2.25. The molecule has 1 fully saturated rings. The normalized spacial score (nSPS) is 24.1.